The molecule has 2 fully saturated rings. The molecule has 0 aliphatic heterocycles. The summed E-state index contributed by atoms with van der Waals surface area (Å²) in [5.74, 6) is 3.50. The molecular weight excluding hydrogens is 210 g/mol. The molecule has 0 atom stereocenters. The van der Waals surface area contributed by atoms with Crippen LogP contribution in [-0.4, -0.2) is 16.5 Å². The molecular formula is C14H21N3. The molecule has 0 bridgehead atoms. The van der Waals surface area contributed by atoms with Gasteiger partial charge in [-0.25, -0.2) is 9.97 Å². The molecule has 2 aliphatic carbocycles. The molecule has 0 aromatic carbocycles. The Bertz CT molecular complexity index is 394. The van der Waals surface area contributed by atoms with Crippen molar-refractivity contribution < 1.29 is 0 Å². The largest absolute Gasteiger partial charge is 0.370 e. The van der Waals surface area contributed by atoms with Crippen LogP contribution in [0, 0.1) is 0 Å². The highest BCUT2D eigenvalue weighted by molar-refractivity contribution is 5.38. The molecule has 2 saturated carbocycles. The van der Waals surface area contributed by atoms with E-state index >= 15 is 0 Å². The Morgan fingerprint density at radius 2 is 2.00 bits per heavy atom. The van der Waals surface area contributed by atoms with Crippen LogP contribution in [0.4, 0.5) is 5.82 Å². The maximum atomic E-state index is 4.77. The molecule has 1 heterocycles. The number of rotatable bonds is 5. The van der Waals surface area contributed by atoms with Crippen LogP contribution in [0.1, 0.15) is 68.8 Å². The second-order valence-corrected chi connectivity index (χ2v) is 5.37. The first-order valence-electron chi connectivity index (χ1n) is 6.99. The van der Waals surface area contributed by atoms with Crippen LogP contribution >= 0.6 is 0 Å². The number of anilines is 1. The SMILES string of the molecule is CCCNc1cc(C2CC2)nc(C2CCC2)n1. The average molecular weight is 231 g/mol. The molecule has 17 heavy (non-hydrogen) atoms. The summed E-state index contributed by atoms with van der Waals surface area (Å²) in [4.78, 5) is 9.46. The molecule has 1 aromatic heterocycles. The van der Waals surface area contributed by atoms with E-state index in [-0.39, 0.29) is 0 Å². The van der Waals surface area contributed by atoms with E-state index in [4.69, 9.17) is 4.98 Å². The minimum Gasteiger partial charge on any atom is -0.370 e. The van der Waals surface area contributed by atoms with Gasteiger partial charge in [0, 0.05) is 30.1 Å². The van der Waals surface area contributed by atoms with Gasteiger partial charge in [-0.2, -0.15) is 0 Å². The molecule has 3 nitrogen and oxygen atoms in total. The van der Waals surface area contributed by atoms with Gasteiger partial charge in [0.15, 0.2) is 0 Å². The molecule has 1 aromatic rings. The lowest BCUT2D eigenvalue weighted by Gasteiger charge is -2.24. The van der Waals surface area contributed by atoms with Crippen LogP contribution in [0.15, 0.2) is 6.07 Å². The third-order valence-electron chi connectivity index (χ3n) is 3.79. The zero-order valence-corrected chi connectivity index (χ0v) is 10.6. The first kappa shape index (κ1) is 11.0. The van der Waals surface area contributed by atoms with Crippen molar-refractivity contribution in [1.29, 1.82) is 0 Å². The smallest absolute Gasteiger partial charge is 0.134 e. The third-order valence-corrected chi connectivity index (χ3v) is 3.79. The number of aromatic nitrogens is 2. The van der Waals surface area contributed by atoms with Gasteiger partial charge in [-0.05, 0) is 32.1 Å². The van der Waals surface area contributed by atoms with Crippen LogP contribution in [0.2, 0.25) is 0 Å². The molecule has 3 rings (SSSR count). The number of hydrogen-bond donors (Lipinski definition) is 1. The van der Waals surface area contributed by atoms with Gasteiger partial charge in [-0.3, -0.25) is 0 Å². The number of nitrogens with zero attached hydrogens (tertiary/aromatic N) is 2. The van der Waals surface area contributed by atoms with Gasteiger partial charge in [0.05, 0.1) is 0 Å². The van der Waals surface area contributed by atoms with Crippen LogP contribution in [0.5, 0.6) is 0 Å². The summed E-state index contributed by atoms with van der Waals surface area (Å²) in [7, 11) is 0. The average Bonchev–Trinajstić information content (AvgIpc) is 3.07. The molecule has 3 heteroatoms. The fourth-order valence-electron chi connectivity index (χ4n) is 2.27. The second kappa shape index (κ2) is 4.63. The van der Waals surface area contributed by atoms with Crippen molar-refractivity contribution in [2.75, 3.05) is 11.9 Å². The summed E-state index contributed by atoms with van der Waals surface area (Å²) in [5.41, 5.74) is 1.28. The van der Waals surface area contributed by atoms with E-state index in [9.17, 15) is 0 Å². The molecule has 0 spiro atoms. The second-order valence-electron chi connectivity index (χ2n) is 5.37. The Labute approximate surface area is 103 Å². The first-order chi connectivity index (χ1) is 8.36. The van der Waals surface area contributed by atoms with Crippen molar-refractivity contribution in [2.45, 2.75) is 57.3 Å². The van der Waals surface area contributed by atoms with Crippen LogP contribution in [0.3, 0.4) is 0 Å². The summed E-state index contributed by atoms with van der Waals surface area (Å²) >= 11 is 0. The summed E-state index contributed by atoms with van der Waals surface area (Å²) in [5, 5.41) is 3.41. The van der Waals surface area contributed by atoms with Crippen LogP contribution in [0.25, 0.3) is 0 Å². The Hall–Kier alpha value is -1.12. The lowest BCUT2D eigenvalue weighted by molar-refractivity contribution is 0.400. The Morgan fingerprint density at radius 3 is 2.59 bits per heavy atom. The minimum absolute atomic E-state index is 0.635. The fraction of sp³-hybridized carbons (Fsp3) is 0.714. The van der Waals surface area contributed by atoms with E-state index in [0.29, 0.717) is 5.92 Å². The summed E-state index contributed by atoms with van der Waals surface area (Å²) in [6.45, 7) is 3.19. The molecule has 1 N–H and O–H groups in total. The van der Waals surface area contributed by atoms with Crippen molar-refractivity contribution in [2.24, 2.45) is 0 Å². The highest BCUT2D eigenvalue weighted by Gasteiger charge is 2.29. The third kappa shape index (κ3) is 2.43. The molecule has 0 saturated heterocycles. The molecule has 0 unspecified atom stereocenters. The van der Waals surface area contributed by atoms with Crippen LogP contribution in [-0.2, 0) is 0 Å². The Morgan fingerprint density at radius 1 is 1.18 bits per heavy atom. The van der Waals surface area contributed by atoms with Crippen molar-refractivity contribution in [3.8, 4) is 0 Å². The maximum absolute atomic E-state index is 4.77. The normalized spacial score (nSPS) is 20.1. The van der Waals surface area contributed by atoms with Gasteiger partial charge in [0.2, 0.25) is 0 Å². The van der Waals surface area contributed by atoms with Crippen LogP contribution < -0.4 is 5.32 Å². The summed E-state index contributed by atoms with van der Waals surface area (Å²) in [6.07, 6.45) is 7.67. The van der Waals surface area contributed by atoms with Crippen molar-refractivity contribution >= 4 is 5.82 Å². The predicted molar refractivity (Wildman–Crippen MR) is 69.4 cm³/mol. The first-order valence-corrected chi connectivity index (χ1v) is 6.99. The standard InChI is InChI=1S/C14H21N3/c1-2-8-15-13-9-12(10-6-7-10)16-14(17-13)11-4-3-5-11/h9-11H,2-8H2,1H3,(H,15,16,17). The van der Waals surface area contributed by atoms with Gasteiger partial charge >= 0.3 is 0 Å². The monoisotopic (exact) mass is 231 g/mol. The molecule has 92 valence electrons. The molecule has 0 amide bonds. The minimum atomic E-state index is 0.635. The van der Waals surface area contributed by atoms with Gasteiger partial charge in [-0.15, -0.1) is 0 Å². The highest BCUT2D eigenvalue weighted by Crippen LogP contribution is 2.41. The van der Waals surface area contributed by atoms with Gasteiger partial charge in [0.1, 0.15) is 11.6 Å². The lowest BCUT2D eigenvalue weighted by atomic mass is 9.85. The number of nitrogens with one attached hydrogen (secondary N) is 1. The zero-order chi connectivity index (χ0) is 11.7. The number of hydrogen-bond acceptors (Lipinski definition) is 3. The quantitative estimate of drug-likeness (QED) is 0.843. The maximum Gasteiger partial charge on any atom is 0.134 e. The van der Waals surface area contributed by atoms with E-state index in [1.54, 1.807) is 0 Å². The highest BCUT2D eigenvalue weighted by atomic mass is 15.0. The van der Waals surface area contributed by atoms with E-state index in [2.05, 4.69) is 23.3 Å². The van der Waals surface area contributed by atoms with Gasteiger partial charge in [-0.1, -0.05) is 13.3 Å². The Balaban J connectivity index is 1.83. The van der Waals surface area contributed by atoms with Crippen molar-refractivity contribution in [3.63, 3.8) is 0 Å². The topological polar surface area (TPSA) is 37.8 Å². The van der Waals surface area contributed by atoms with E-state index in [1.165, 1.54) is 37.8 Å². The zero-order valence-electron chi connectivity index (χ0n) is 10.6. The summed E-state index contributed by atoms with van der Waals surface area (Å²) < 4.78 is 0. The van der Waals surface area contributed by atoms with Gasteiger partial charge in [0.25, 0.3) is 0 Å². The Kier molecular flexibility index (Phi) is 3.00. The molecule has 2 aliphatic rings. The van der Waals surface area contributed by atoms with Crippen molar-refractivity contribution in [3.05, 3.63) is 17.6 Å². The lowest BCUT2D eigenvalue weighted by Crippen LogP contribution is -2.15. The predicted octanol–water partition coefficient (Wildman–Crippen LogP) is 3.44. The van der Waals surface area contributed by atoms with E-state index < -0.39 is 0 Å². The fourth-order valence-corrected chi connectivity index (χ4v) is 2.27. The van der Waals surface area contributed by atoms with Gasteiger partial charge < -0.3 is 5.32 Å². The van der Waals surface area contributed by atoms with E-state index in [0.717, 1.165) is 30.5 Å². The summed E-state index contributed by atoms with van der Waals surface area (Å²) in [6, 6.07) is 2.16. The van der Waals surface area contributed by atoms with E-state index in [1.807, 2.05) is 0 Å². The van der Waals surface area contributed by atoms with Crippen molar-refractivity contribution in [1.82, 2.24) is 9.97 Å². The molecule has 0 radical (unpaired) electrons.